The van der Waals surface area contributed by atoms with Crippen molar-refractivity contribution in [3.8, 4) is 5.75 Å². The van der Waals surface area contributed by atoms with Gasteiger partial charge in [0.2, 0.25) is 0 Å². The molecule has 0 radical (unpaired) electrons. The van der Waals surface area contributed by atoms with Gasteiger partial charge in [0.1, 0.15) is 5.75 Å². The number of ether oxygens (including phenoxy) is 1. The second-order valence-corrected chi connectivity index (χ2v) is 7.11. The molecular formula is C24H16F3NO. The first-order valence-electron chi connectivity index (χ1n) is 9.18. The second-order valence-electron chi connectivity index (χ2n) is 7.11. The molecule has 0 aliphatic carbocycles. The summed E-state index contributed by atoms with van der Waals surface area (Å²) in [6, 6.07) is 23.9. The maximum atomic E-state index is 12.4. The molecule has 5 aromatic rings. The maximum absolute atomic E-state index is 12.4. The predicted molar refractivity (Wildman–Crippen MR) is 109 cm³/mol. The molecular weight excluding hydrogens is 375 g/mol. The summed E-state index contributed by atoms with van der Waals surface area (Å²) in [4.78, 5) is 0. The Balaban J connectivity index is 1.63. The van der Waals surface area contributed by atoms with Crippen molar-refractivity contribution in [1.82, 2.24) is 0 Å². The van der Waals surface area contributed by atoms with Gasteiger partial charge in [-0.3, -0.25) is 0 Å². The Morgan fingerprint density at radius 3 is 1.93 bits per heavy atom. The topological polar surface area (TPSA) is 35.2 Å². The van der Waals surface area contributed by atoms with Crippen LogP contribution in [-0.4, -0.2) is 6.36 Å². The smallest absolute Gasteiger partial charge is 0.406 e. The first-order chi connectivity index (χ1) is 13.9. The molecule has 5 aromatic carbocycles. The van der Waals surface area contributed by atoms with E-state index in [1.807, 2.05) is 18.2 Å². The number of alkyl halides is 3. The third kappa shape index (κ3) is 3.04. The van der Waals surface area contributed by atoms with E-state index in [2.05, 4.69) is 41.1 Å². The van der Waals surface area contributed by atoms with Crippen molar-refractivity contribution in [3.05, 3.63) is 90.0 Å². The Morgan fingerprint density at radius 2 is 1.28 bits per heavy atom. The second kappa shape index (κ2) is 6.36. The first-order valence-corrected chi connectivity index (χ1v) is 9.18. The molecule has 0 saturated heterocycles. The minimum atomic E-state index is -4.71. The number of halogens is 3. The van der Waals surface area contributed by atoms with Crippen LogP contribution in [0.3, 0.4) is 0 Å². The number of benzene rings is 5. The predicted octanol–water partition coefficient (Wildman–Crippen LogP) is 6.53. The van der Waals surface area contributed by atoms with Crippen LogP contribution in [0, 0.1) is 0 Å². The Labute approximate surface area is 164 Å². The van der Waals surface area contributed by atoms with Gasteiger partial charge in [0.05, 0.1) is 6.04 Å². The minimum absolute atomic E-state index is 0.260. The van der Waals surface area contributed by atoms with Gasteiger partial charge in [-0.2, -0.15) is 0 Å². The highest BCUT2D eigenvalue weighted by Crippen LogP contribution is 2.38. The molecule has 0 heterocycles. The molecule has 2 N–H and O–H groups in total. The molecule has 1 atom stereocenters. The van der Waals surface area contributed by atoms with Crippen LogP contribution in [0.5, 0.6) is 5.75 Å². The zero-order valence-electron chi connectivity index (χ0n) is 15.2. The lowest BCUT2D eigenvalue weighted by atomic mass is 9.88. The van der Waals surface area contributed by atoms with Gasteiger partial charge in [0, 0.05) is 0 Å². The molecule has 2 nitrogen and oxygen atoms in total. The Kier molecular flexibility index (Phi) is 3.89. The van der Waals surface area contributed by atoms with E-state index in [1.165, 1.54) is 28.3 Å². The number of hydrogen-bond donors (Lipinski definition) is 1. The molecule has 5 rings (SSSR count). The highest BCUT2D eigenvalue weighted by atomic mass is 19.4. The van der Waals surface area contributed by atoms with Crippen molar-refractivity contribution in [2.75, 3.05) is 0 Å². The highest BCUT2D eigenvalue weighted by Gasteiger charge is 2.31. The maximum Gasteiger partial charge on any atom is 0.573 e. The van der Waals surface area contributed by atoms with E-state index in [-0.39, 0.29) is 5.75 Å². The number of hydrogen-bond acceptors (Lipinski definition) is 2. The van der Waals surface area contributed by atoms with Crippen LogP contribution < -0.4 is 10.5 Å². The number of rotatable bonds is 3. The molecule has 0 aliphatic rings. The molecule has 0 bridgehead atoms. The Hall–Kier alpha value is -3.31. The van der Waals surface area contributed by atoms with Gasteiger partial charge in [0.25, 0.3) is 0 Å². The van der Waals surface area contributed by atoms with E-state index in [9.17, 15) is 13.2 Å². The molecule has 0 fully saturated rings. The summed E-state index contributed by atoms with van der Waals surface area (Å²) in [6.45, 7) is 0. The summed E-state index contributed by atoms with van der Waals surface area (Å²) in [5.74, 6) is -0.260. The van der Waals surface area contributed by atoms with Gasteiger partial charge in [-0.1, -0.05) is 66.7 Å². The quantitative estimate of drug-likeness (QED) is 0.355. The molecule has 0 aromatic heterocycles. The van der Waals surface area contributed by atoms with Crippen LogP contribution in [0.15, 0.2) is 78.9 Å². The largest absolute Gasteiger partial charge is 0.573 e. The van der Waals surface area contributed by atoms with Gasteiger partial charge >= 0.3 is 6.36 Å². The van der Waals surface area contributed by atoms with Gasteiger partial charge in [-0.15, -0.1) is 13.2 Å². The molecule has 0 saturated carbocycles. The fourth-order valence-corrected chi connectivity index (χ4v) is 4.09. The Bertz CT molecular complexity index is 1310. The molecule has 144 valence electrons. The lowest BCUT2D eigenvalue weighted by Gasteiger charge is -2.19. The van der Waals surface area contributed by atoms with Gasteiger partial charge in [-0.05, 0) is 55.6 Å². The van der Waals surface area contributed by atoms with E-state index in [0.29, 0.717) is 0 Å². The fraction of sp³-hybridized carbons (Fsp3) is 0.0833. The third-order valence-corrected chi connectivity index (χ3v) is 5.37. The van der Waals surface area contributed by atoms with Crippen LogP contribution in [0.25, 0.3) is 32.3 Å². The summed E-state index contributed by atoms with van der Waals surface area (Å²) < 4.78 is 41.1. The molecule has 0 amide bonds. The van der Waals surface area contributed by atoms with Crippen LogP contribution >= 0.6 is 0 Å². The highest BCUT2D eigenvalue weighted by molar-refractivity contribution is 6.23. The van der Waals surface area contributed by atoms with E-state index < -0.39 is 12.4 Å². The first kappa shape index (κ1) is 17.8. The molecule has 0 aliphatic heterocycles. The lowest BCUT2D eigenvalue weighted by molar-refractivity contribution is -0.274. The minimum Gasteiger partial charge on any atom is -0.406 e. The summed E-state index contributed by atoms with van der Waals surface area (Å²) in [5, 5.41) is 6.88. The van der Waals surface area contributed by atoms with Crippen molar-refractivity contribution in [3.63, 3.8) is 0 Å². The zero-order chi connectivity index (χ0) is 20.2. The summed E-state index contributed by atoms with van der Waals surface area (Å²) in [5.41, 5.74) is 8.18. The average molecular weight is 391 g/mol. The van der Waals surface area contributed by atoms with Gasteiger partial charge in [-0.25, -0.2) is 0 Å². The SMILES string of the molecule is N[C@H](c1ccc(OC(F)(F)F)cc1)c1ccc2ccc3cccc4ccc1c2c34. The van der Waals surface area contributed by atoms with Crippen molar-refractivity contribution < 1.29 is 17.9 Å². The summed E-state index contributed by atoms with van der Waals surface area (Å²) >= 11 is 0. The van der Waals surface area contributed by atoms with E-state index in [0.717, 1.165) is 27.3 Å². The lowest BCUT2D eigenvalue weighted by Crippen LogP contribution is -2.17. The Morgan fingerprint density at radius 1 is 0.690 bits per heavy atom. The monoisotopic (exact) mass is 391 g/mol. The van der Waals surface area contributed by atoms with Crippen molar-refractivity contribution >= 4 is 32.3 Å². The number of nitrogens with two attached hydrogens (primary N) is 1. The van der Waals surface area contributed by atoms with E-state index >= 15 is 0 Å². The van der Waals surface area contributed by atoms with Crippen LogP contribution in [0.2, 0.25) is 0 Å². The van der Waals surface area contributed by atoms with Crippen LogP contribution in [0.4, 0.5) is 13.2 Å². The zero-order valence-corrected chi connectivity index (χ0v) is 15.2. The third-order valence-electron chi connectivity index (χ3n) is 5.37. The van der Waals surface area contributed by atoms with Gasteiger partial charge < -0.3 is 10.5 Å². The molecule has 0 unspecified atom stereocenters. The summed E-state index contributed by atoms with van der Waals surface area (Å²) in [6.07, 6.45) is -4.71. The standard InChI is InChI=1S/C24H16F3NO/c25-24(26,27)29-18-10-6-17(7-11-18)23(28)20-13-9-16-5-4-14-2-1-3-15-8-12-19(20)22(16)21(14)15/h1-13,23H,28H2/t23-/m1/s1. The van der Waals surface area contributed by atoms with Crippen LogP contribution in [-0.2, 0) is 0 Å². The van der Waals surface area contributed by atoms with E-state index in [4.69, 9.17) is 5.73 Å². The van der Waals surface area contributed by atoms with Crippen molar-refractivity contribution in [2.45, 2.75) is 12.4 Å². The van der Waals surface area contributed by atoms with Crippen molar-refractivity contribution in [2.24, 2.45) is 5.73 Å². The van der Waals surface area contributed by atoms with E-state index in [1.54, 1.807) is 12.1 Å². The van der Waals surface area contributed by atoms with Gasteiger partial charge in [0.15, 0.2) is 0 Å². The fourth-order valence-electron chi connectivity index (χ4n) is 4.09. The molecule has 29 heavy (non-hydrogen) atoms. The van der Waals surface area contributed by atoms with Crippen molar-refractivity contribution in [1.29, 1.82) is 0 Å². The average Bonchev–Trinajstić information content (AvgIpc) is 2.71. The summed E-state index contributed by atoms with van der Waals surface area (Å²) in [7, 11) is 0. The van der Waals surface area contributed by atoms with Crippen LogP contribution in [0.1, 0.15) is 17.2 Å². The molecule has 0 spiro atoms. The normalized spacial score (nSPS) is 13.4. The molecule has 5 heteroatoms.